The third kappa shape index (κ3) is 2.70. The molecule has 2 nitrogen and oxygen atoms in total. The average Bonchev–Trinajstić information content (AvgIpc) is 2.68. The molecule has 2 aromatic rings. The van der Waals surface area contributed by atoms with Gasteiger partial charge in [-0.2, -0.15) is 0 Å². The predicted octanol–water partition coefficient (Wildman–Crippen LogP) is 4.05. The van der Waals surface area contributed by atoms with E-state index in [9.17, 15) is 0 Å². The van der Waals surface area contributed by atoms with Crippen LogP contribution in [0.5, 0.6) is 0 Å². The van der Waals surface area contributed by atoms with Crippen molar-refractivity contribution in [3.05, 3.63) is 35.6 Å². The van der Waals surface area contributed by atoms with Gasteiger partial charge in [0.2, 0.25) is 0 Å². The molecule has 0 aliphatic carbocycles. The van der Waals surface area contributed by atoms with Crippen LogP contribution in [0.3, 0.4) is 0 Å². The number of rotatable bonds is 4. The summed E-state index contributed by atoms with van der Waals surface area (Å²) in [7, 11) is 0. The summed E-state index contributed by atoms with van der Waals surface area (Å²) < 4.78 is 5.95. The number of benzene rings is 1. The number of hydrogen-bond donors (Lipinski definition) is 1. The second kappa shape index (κ2) is 4.92. The monoisotopic (exact) mass is 231 g/mol. The third-order valence-electron chi connectivity index (χ3n) is 2.93. The first-order valence-corrected chi connectivity index (χ1v) is 6.32. The highest BCUT2D eigenvalue weighted by Crippen LogP contribution is 2.28. The Bertz CT molecular complexity index is 497. The Hall–Kier alpha value is -1.28. The van der Waals surface area contributed by atoms with Gasteiger partial charge in [0.05, 0.1) is 6.54 Å². The van der Waals surface area contributed by atoms with E-state index in [-0.39, 0.29) is 0 Å². The molecule has 1 aromatic carbocycles. The van der Waals surface area contributed by atoms with Crippen LogP contribution in [-0.2, 0) is 6.54 Å². The number of para-hydroxylation sites is 1. The Kier molecular flexibility index (Phi) is 3.53. The minimum Gasteiger partial charge on any atom is -0.459 e. The summed E-state index contributed by atoms with van der Waals surface area (Å²) in [6.07, 6.45) is 0. The van der Waals surface area contributed by atoms with Crippen molar-refractivity contribution in [1.29, 1.82) is 0 Å². The lowest BCUT2D eigenvalue weighted by Gasteiger charge is -2.06. The Balaban J connectivity index is 2.33. The standard InChI is InChI=1S/C15H21NO/c1-10(2)14-7-5-6-12-8-13(17-15(12)14)9-16-11(3)4/h5-8,10-11,16H,9H2,1-4H3. The van der Waals surface area contributed by atoms with Crippen LogP contribution in [0, 0.1) is 0 Å². The number of fused-ring (bicyclic) bond motifs is 1. The highest BCUT2D eigenvalue weighted by Gasteiger charge is 2.10. The molecule has 0 spiro atoms. The van der Waals surface area contributed by atoms with Crippen molar-refractivity contribution >= 4 is 11.0 Å². The van der Waals surface area contributed by atoms with Gasteiger partial charge in [0.15, 0.2) is 0 Å². The molecule has 0 unspecified atom stereocenters. The molecule has 0 saturated heterocycles. The maximum Gasteiger partial charge on any atom is 0.137 e. The highest BCUT2D eigenvalue weighted by atomic mass is 16.3. The molecule has 92 valence electrons. The van der Waals surface area contributed by atoms with E-state index in [1.54, 1.807) is 0 Å². The number of nitrogens with one attached hydrogen (secondary N) is 1. The summed E-state index contributed by atoms with van der Waals surface area (Å²) in [6, 6.07) is 8.98. The van der Waals surface area contributed by atoms with Gasteiger partial charge in [-0.05, 0) is 17.5 Å². The van der Waals surface area contributed by atoms with Crippen LogP contribution in [0.25, 0.3) is 11.0 Å². The first kappa shape index (κ1) is 12.2. The molecule has 2 rings (SSSR count). The second-order valence-electron chi connectivity index (χ2n) is 5.17. The van der Waals surface area contributed by atoms with Gasteiger partial charge in [0.25, 0.3) is 0 Å². The molecule has 0 fully saturated rings. The Morgan fingerprint density at radius 3 is 2.59 bits per heavy atom. The summed E-state index contributed by atoms with van der Waals surface area (Å²) >= 11 is 0. The van der Waals surface area contributed by atoms with Crippen molar-refractivity contribution < 1.29 is 4.42 Å². The smallest absolute Gasteiger partial charge is 0.137 e. The molecule has 0 aliphatic rings. The van der Waals surface area contributed by atoms with Crippen molar-refractivity contribution in [3.63, 3.8) is 0 Å². The van der Waals surface area contributed by atoms with Crippen LogP contribution in [0.2, 0.25) is 0 Å². The molecule has 2 heteroatoms. The van der Waals surface area contributed by atoms with Crippen LogP contribution in [0.4, 0.5) is 0 Å². The van der Waals surface area contributed by atoms with E-state index in [4.69, 9.17) is 4.42 Å². The van der Waals surface area contributed by atoms with Crippen molar-refractivity contribution in [1.82, 2.24) is 5.32 Å². The van der Waals surface area contributed by atoms with E-state index < -0.39 is 0 Å². The number of furan rings is 1. The van der Waals surface area contributed by atoms with Crippen LogP contribution in [0.1, 0.15) is 44.9 Å². The summed E-state index contributed by atoms with van der Waals surface area (Å²) in [5, 5.41) is 4.58. The molecule has 0 saturated carbocycles. The summed E-state index contributed by atoms with van der Waals surface area (Å²) in [5.74, 6) is 1.51. The van der Waals surface area contributed by atoms with Gasteiger partial charge in [0.1, 0.15) is 11.3 Å². The lowest BCUT2D eigenvalue weighted by Crippen LogP contribution is -2.21. The second-order valence-corrected chi connectivity index (χ2v) is 5.17. The van der Waals surface area contributed by atoms with Crippen molar-refractivity contribution in [2.45, 2.75) is 46.2 Å². The zero-order valence-electron chi connectivity index (χ0n) is 11.1. The molecule has 0 radical (unpaired) electrons. The van der Waals surface area contributed by atoms with Crippen LogP contribution in [0.15, 0.2) is 28.7 Å². The summed E-state index contributed by atoms with van der Waals surface area (Å²) in [6.45, 7) is 9.47. The zero-order chi connectivity index (χ0) is 12.4. The highest BCUT2D eigenvalue weighted by molar-refractivity contribution is 5.81. The first-order valence-electron chi connectivity index (χ1n) is 6.32. The maximum atomic E-state index is 5.95. The Morgan fingerprint density at radius 2 is 1.94 bits per heavy atom. The minimum absolute atomic E-state index is 0.479. The van der Waals surface area contributed by atoms with E-state index in [1.165, 1.54) is 10.9 Å². The minimum atomic E-state index is 0.479. The van der Waals surface area contributed by atoms with Crippen molar-refractivity contribution in [3.8, 4) is 0 Å². The van der Waals surface area contributed by atoms with Gasteiger partial charge >= 0.3 is 0 Å². The molecular weight excluding hydrogens is 210 g/mol. The fourth-order valence-electron chi connectivity index (χ4n) is 1.99. The van der Waals surface area contributed by atoms with Crippen LogP contribution >= 0.6 is 0 Å². The molecular formula is C15H21NO. The van der Waals surface area contributed by atoms with Gasteiger partial charge < -0.3 is 9.73 Å². The largest absolute Gasteiger partial charge is 0.459 e. The van der Waals surface area contributed by atoms with Gasteiger partial charge in [-0.15, -0.1) is 0 Å². The Labute approximate surface area is 103 Å². The lowest BCUT2D eigenvalue weighted by atomic mass is 10.0. The first-order chi connectivity index (χ1) is 8.08. The van der Waals surface area contributed by atoms with Crippen molar-refractivity contribution in [2.75, 3.05) is 0 Å². The van der Waals surface area contributed by atoms with E-state index in [1.807, 2.05) is 0 Å². The van der Waals surface area contributed by atoms with Gasteiger partial charge in [-0.25, -0.2) is 0 Å². The van der Waals surface area contributed by atoms with Gasteiger partial charge in [-0.1, -0.05) is 45.9 Å². The van der Waals surface area contributed by atoms with Crippen LogP contribution in [-0.4, -0.2) is 6.04 Å². The molecule has 1 heterocycles. The van der Waals surface area contributed by atoms with E-state index in [0.717, 1.165) is 17.9 Å². The average molecular weight is 231 g/mol. The van der Waals surface area contributed by atoms with Crippen LogP contribution < -0.4 is 5.32 Å². The SMILES string of the molecule is CC(C)NCc1cc2cccc(C(C)C)c2o1. The maximum absolute atomic E-state index is 5.95. The fourth-order valence-corrected chi connectivity index (χ4v) is 1.99. The number of hydrogen-bond acceptors (Lipinski definition) is 2. The molecule has 0 aliphatic heterocycles. The van der Waals surface area contributed by atoms with Crippen molar-refractivity contribution in [2.24, 2.45) is 0 Å². The molecule has 0 atom stereocenters. The molecule has 0 amide bonds. The van der Waals surface area contributed by atoms with E-state index in [2.05, 4.69) is 57.3 Å². The zero-order valence-corrected chi connectivity index (χ0v) is 11.1. The third-order valence-corrected chi connectivity index (χ3v) is 2.93. The summed E-state index contributed by atoms with van der Waals surface area (Å²) in [4.78, 5) is 0. The molecule has 1 N–H and O–H groups in total. The predicted molar refractivity (Wildman–Crippen MR) is 72.3 cm³/mol. The van der Waals surface area contributed by atoms with Gasteiger partial charge in [0, 0.05) is 11.4 Å². The molecule has 0 bridgehead atoms. The fraction of sp³-hybridized carbons (Fsp3) is 0.467. The quantitative estimate of drug-likeness (QED) is 0.858. The lowest BCUT2D eigenvalue weighted by molar-refractivity contribution is 0.486. The van der Waals surface area contributed by atoms with E-state index in [0.29, 0.717) is 12.0 Å². The van der Waals surface area contributed by atoms with Gasteiger partial charge in [-0.3, -0.25) is 0 Å². The topological polar surface area (TPSA) is 25.2 Å². The van der Waals surface area contributed by atoms with E-state index >= 15 is 0 Å². The molecule has 17 heavy (non-hydrogen) atoms. The molecule has 1 aromatic heterocycles. The normalized spacial score (nSPS) is 11.9. The summed E-state index contributed by atoms with van der Waals surface area (Å²) in [5.41, 5.74) is 2.33. The Morgan fingerprint density at radius 1 is 1.18 bits per heavy atom.